The van der Waals surface area contributed by atoms with Gasteiger partial charge in [-0.05, 0) is 73.2 Å². The summed E-state index contributed by atoms with van der Waals surface area (Å²) >= 11 is 0. The second kappa shape index (κ2) is 8.54. The number of nitrogens with zero attached hydrogens (tertiary/aromatic N) is 2. The van der Waals surface area contributed by atoms with Crippen molar-refractivity contribution >= 4 is 6.41 Å². The van der Waals surface area contributed by atoms with Crippen molar-refractivity contribution < 1.29 is 9.53 Å². The molecule has 3 aromatic rings. The molecule has 1 heterocycles. The van der Waals surface area contributed by atoms with Crippen molar-refractivity contribution in [2.75, 3.05) is 13.2 Å². The minimum Gasteiger partial charge on any atom is -0.491 e. The first-order valence-electron chi connectivity index (χ1n) is 9.08. The van der Waals surface area contributed by atoms with Crippen molar-refractivity contribution in [2.45, 2.75) is 27.2 Å². The molecule has 0 radical (unpaired) electrons. The van der Waals surface area contributed by atoms with E-state index in [9.17, 15) is 4.79 Å². The lowest BCUT2D eigenvalue weighted by molar-refractivity contribution is -0.109. The van der Waals surface area contributed by atoms with E-state index in [-0.39, 0.29) is 0 Å². The van der Waals surface area contributed by atoms with Crippen LogP contribution in [0.25, 0.3) is 5.69 Å². The molecule has 0 saturated carbocycles. The first kappa shape index (κ1) is 18.7. The van der Waals surface area contributed by atoms with Gasteiger partial charge in [-0.15, -0.1) is 0 Å². The predicted molar refractivity (Wildman–Crippen MR) is 107 cm³/mol. The maximum absolute atomic E-state index is 10.3. The van der Waals surface area contributed by atoms with Crippen molar-refractivity contribution in [1.29, 1.82) is 0 Å². The maximum Gasteiger partial charge on any atom is 0.207 e. The Balaban J connectivity index is 1.76. The highest BCUT2D eigenvalue weighted by Gasteiger charge is 2.12. The molecule has 5 heteroatoms. The highest BCUT2D eigenvalue weighted by molar-refractivity contribution is 5.50. The number of aromatic nitrogens is 2. The van der Waals surface area contributed by atoms with Gasteiger partial charge in [0.05, 0.1) is 12.2 Å². The van der Waals surface area contributed by atoms with E-state index in [1.807, 2.05) is 16.9 Å². The SMILES string of the molecule is Cc1cc(Cc2ccc(-n3cccn3)cc2)c(C)c(C)c1OCCNC=O. The van der Waals surface area contributed by atoms with Gasteiger partial charge >= 0.3 is 0 Å². The van der Waals surface area contributed by atoms with E-state index >= 15 is 0 Å². The molecular weight excluding hydrogens is 338 g/mol. The zero-order valence-corrected chi connectivity index (χ0v) is 16.0. The van der Waals surface area contributed by atoms with Gasteiger partial charge in [0.25, 0.3) is 0 Å². The van der Waals surface area contributed by atoms with Gasteiger partial charge in [-0.25, -0.2) is 4.68 Å². The number of amides is 1. The van der Waals surface area contributed by atoms with Gasteiger partial charge in [-0.2, -0.15) is 5.10 Å². The summed E-state index contributed by atoms with van der Waals surface area (Å²) in [4.78, 5) is 10.3. The van der Waals surface area contributed by atoms with Crippen LogP contribution in [0.4, 0.5) is 0 Å². The van der Waals surface area contributed by atoms with Crippen LogP contribution < -0.4 is 10.1 Å². The Morgan fingerprint density at radius 1 is 1.15 bits per heavy atom. The van der Waals surface area contributed by atoms with Gasteiger partial charge in [0.2, 0.25) is 6.41 Å². The van der Waals surface area contributed by atoms with Crippen LogP contribution in [0, 0.1) is 20.8 Å². The summed E-state index contributed by atoms with van der Waals surface area (Å²) in [5.74, 6) is 0.915. The third-order valence-corrected chi connectivity index (χ3v) is 4.81. The lowest BCUT2D eigenvalue weighted by Gasteiger charge is -2.18. The van der Waals surface area contributed by atoms with Crippen molar-refractivity contribution in [3.63, 3.8) is 0 Å². The molecule has 0 fully saturated rings. The lowest BCUT2D eigenvalue weighted by atomic mass is 9.94. The predicted octanol–water partition coefficient (Wildman–Crippen LogP) is 3.51. The average molecular weight is 363 g/mol. The summed E-state index contributed by atoms with van der Waals surface area (Å²) in [6.45, 7) is 7.27. The van der Waals surface area contributed by atoms with E-state index in [0.29, 0.717) is 19.6 Å². The zero-order valence-electron chi connectivity index (χ0n) is 16.0. The number of benzene rings is 2. The minimum absolute atomic E-state index is 0.466. The quantitative estimate of drug-likeness (QED) is 0.492. The minimum atomic E-state index is 0.466. The molecule has 27 heavy (non-hydrogen) atoms. The number of carbonyl (C=O) groups excluding carboxylic acids is 1. The average Bonchev–Trinajstić information content (AvgIpc) is 3.21. The molecule has 1 N–H and O–H groups in total. The standard InChI is InChI=1S/C22H25N3O2/c1-16-13-20(17(2)18(3)22(16)27-12-10-23-15-26)14-19-5-7-21(8-6-19)25-11-4-9-24-25/h4-9,11,13,15H,10,12,14H2,1-3H3,(H,23,26). The monoisotopic (exact) mass is 363 g/mol. The fourth-order valence-electron chi connectivity index (χ4n) is 3.23. The highest BCUT2D eigenvalue weighted by Crippen LogP contribution is 2.30. The summed E-state index contributed by atoms with van der Waals surface area (Å²) in [6.07, 6.45) is 5.28. The fraction of sp³-hybridized carbons (Fsp3) is 0.273. The first-order chi connectivity index (χ1) is 13.1. The molecule has 0 aliphatic rings. The lowest BCUT2D eigenvalue weighted by Crippen LogP contribution is -2.19. The van der Waals surface area contributed by atoms with Crippen LogP contribution in [-0.2, 0) is 11.2 Å². The van der Waals surface area contributed by atoms with Gasteiger partial charge in [-0.1, -0.05) is 18.2 Å². The van der Waals surface area contributed by atoms with Crippen molar-refractivity contribution in [2.24, 2.45) is 0 Å². The molecule has 140 valence electrons. The Morgan fingerprint density at radius 2 is 1.93 bits per heavy atom. The molecule has 0 saturated heterocycles. The Labute approximate surface area is 160 Å². The van der Waals surface area contributed by atoms with E-state index < -0.39 is 0 Å². The summed E-state index contributed by atoms with van der Waals surface area (Å²) in [5, 5.41) is 6.88. The molecular formula is C22H25N3O2. The van der Waals surface area contributed by atoms with Crippen molar-refractivity contribution in [1.82, 2.24) is 15.1 Å². The molecule has 0 atom stereocenters. The molecule has 3 rings (SSSR count). The molecule has 0 spiro atoms. The normalized spacial score (nSPS) is 10.6. The number of hydrogen-bond acceptors (Lipinski definition) is 3. The zero-order chi connectivity index (χ0) is 19.2. The van der Waals surface area contributed by atoms with Crippen LogP contribution >= 0.6 is 0 Å². The number of nitrogens with one attached hydrogen (secondary N) is 1. The molecule has 1 amide bonds. The van der Waals surface area contributed by atoms with Crippen LogP contribution in [0.3, 0.4) is 0 Å². The Kier molecular flexibility index (Phi) is 5.91. The van der Waals surface area contributed by atoms with E-state index in [1.165, 1.54) is 16.7 Å². The summed E-state index contributed by atoms with van der Waals surface area (Å²) in [6, 6.07) is 12.6. The molecule has 0 aliphatic carbocycles. The second-order valence-corrected chi connectivity index (χ2v) is 6.65. The fourth-order valence-corrected chi connectivity index (χ4v) is 3.23. The molecule has 0 bridgehead atoms. The molecule has 5 nitrogen and oxygen atoms in total. The highest BCUT2D eigenvalue weighted by atomic mass is 16.5. The number of aryl methyl sites for hydroxylation is 1. The van der Waals surface area contributed by atoms with Crippen LogP contribution in [0.2, 0.25) is 0 Å². The van der Waals surface area contributed by atoms with E-state index in [2.05, 4.69) is 61.5 Å². The molecule has 0 aliphatic heterocycles. The van der Waals surface area contributed by atoms with Crippen molar-refractivity contribution in [3.05, 3.63) is 76.6 Å². The van der Waals surface area contributed by atoms with E-state index in [0.717, 1.165) is 29.0 Å². The Hall–Kier alpha value is -3.08. The summed E-state index contributed by atoms with van der Waals surface area (Å²) in [7, 11) is 0. The second-order valence-electron chi connectivity index (χ2n) is 6.65. The summed E-state index contributed by atoms with van der Waals surface area (Å²) < 4.78 is 7.74. The van der Waals surface area contributed by atoms with Crippen LogP contribution in [0.1, 0.15) is 27.8 Å². The Bertz CT molecular complexity index is 900. The number of carbonyl (C=O) groups is 1. The van der Waals surface area contributed by atoms with E-state index in [4.69, 9.17) is 4.74 Å². The third-order valence-electron chi connectivity index (χ3n) is 4.81. The Morgan fingerprint density at radius 3 is 2.59 bits per heavy atom. The molecule has 0 unspecified atom stereocenters. The smallest absolute Gasteiger partial charge is 0.207 e. The maximum atomic E-state index is 10.3. The van der Waals surface area contributed by atoms with Gasteiger partial charge in [0, 0.05) is 12.4 Å². The number of rotatable bonds is 8. The van der Waals surface area contributed by atoms with Gasteiger partial charge in [0.15, 0.2) is 0 Å². The molecule has 1 aromatic heterocycles. The van der Waals surface area contributed by atoms with Crippen molar-refractivity contribution in [3.8, 4) is 11.4 Å². The summed E-state index contributed by atoms with van der Waals surface area (Å²) in [5.41, 5.74) is 7.14. The van der Waals surface area contributed by atoms with Gasteiger partial charge in [-0.3, -0.25) is 4.79 Å². The van der Waals surface area contributed by atoms with Gasteiger partial charge in [0.1, 0.15) is 12.4 Å². The first-order valence-corrected chi connectivity index (χ1v) is 9.08. The number of ether oxygens (including phenoxy) is 1. The van der Waals surface area contributed by atoms with Crippen LogP contribution in [0.5, 0.6) is 5.75 Å². The topological polar surface area (TPSA) is 56.1 Å². The molecule has 2 aromatic carbocycles. The van der Waals surface area contributed by atoms with E-state index in [1.54, 1.807) is 6.20 Å². The third kappa shape index (κ3) is 4.37. The van der Waals surface area contributed by atoms with Gasteiger partial charge < -0.3 is 10.1 Å². The number of hydrogen-bond donors (Lipinski definition) is 1. The van der Waals surface area contributed by atoms with Crippen LogP contribution in [-0.4, -0.2) is 29.3 Å². The van der Waals surface area contributed by atoms with Crippen LogP contribution in [0.15, 0.2) is 48.8 Å². The largest absolute Gasteiger partial charge is 0.491 e.